The van der Waals surface area contributed by atoms with Gasteiger partial charge in [0.15, 0.2) is 5.96 Å². The number of carbonyl (C=O) groups excluding carboxylic acids is 5. The number of aliphatic imine (C=N–C) groups is 1. The van der Waals surface area contributed by atoms with Crippen LogP contribution in [-0.2, 0) is 33.6 Å². The van der Waals surface area contributed by atoms with Crippen LogP contribution in [-0.4, -0.2) is 88.4 Å². The summed E-state index contributed by atoms with van der Waals surface area (Å²) in [6.45, 7) is 0.187. The van der Waals surface area contributed by atoms with Crippen molar-refractivity contribution in [2.24, 2.45) is 33.7 Å². The van der Waals surface area contributed by atoms with E-state index in [4.69, 9.17) is 33.8 Å². The number of guanidine groups is 1. The fourth-order valence-corrected chi connectivity index (χ4v) is 2.96. The van der Waals surface area contributed by atoms with Crippen LogP contribution in [0.5, 0.6) is 0 Å². The largest absolute Gasteiger partial charge is 0.481 e. The molecule has 0 aliphatic rings. The molecule has 0 saturated carbocycles. The Kier molecular flexibility index (Phi) is 15.0. The first kappa shape index (κ1) is 33.5. The van der Waals surface area contributed by atoms with E-state index in [2.05, 4.69) is 20.9 Å². The van der Waals surface area contributed by atoms with Gasteiger partial charge in [-0.05, 0) is 25.7 Å². The number of carbonyl (C=O) groups is 7. The first-order valence-corrected chi connectivity index (χ1v) is 11.4. The van der Waals surface area contributed by atoms with E-state index in [-0.39, 0.29) is 31.8 Å². The molecule has 0 aromatic heterocycles. The van der Waals surface area contributed by atoms with Crippen molar-refractivity contribution in [3.63, 3.8) is 0 Å². The van der Waals surface area contributed by atoms with Gasteiger partial charge in [0.1, 0.15) is 18.1 Å². The SMILES string of the molecule is NC(=O)CCC(NC(=O)C(CC(N)=O)NC(=O)C(CCC(=O)O)NC(=O)C(N)CCCN=C(N)N)C(=O)O. The minimum Gasteiger partial charge on any atom is -0.481 e. The predicted octanol–water partition coefficient (Wildman–Crippen LogP) is -5.09. The van der Waals surface area contributed by atoms with Crippen molar-refractivity contribution < 1.29 is 43.8 Å². The van der Waals surface area contributed by atoms with Gasteiger partial charge in [-0.15, -0.1) is 0 Å². The van der Waals surface area contributed by atoms with Crippen LogP contribution in [0.2, 0.25) is 0 Å². The molecule has 0 heterocycles. The molecule has 0 aromatic rings. The van der Waals surface area contributed by atoms with Gasteiger partial charge in [0, 0.05) is 19.4 Å². The summed E-state index contributed by atoms with van der Waals surface area (Å²) >= 11 is 0. The summed E-state index contributed by atoms with van der Waals surface area (Å²) in [6, 6.07) is -5.87. The Hall–Kier alpha value is -4.48. The molecule has 5 amide bonds. The van der Waals surface area contributed by atoms with E-state index >= 15 is 0 Å². The van der Waals surface area contributed by atoms with Crippen LogP contribution in [0.25, 0.3) is 0 Å². The predicted molar refractivity (Wildman–Crippen MR) is 130 cm³/mol. The summed E-state index contributed by atoms with van der Waals surface area (Å²) < 4.78 is 0. The van der Waals surface area contributed by atoms with Gasteiger partial charge in [-0.1, -0.05) is 0 Å². The van der Waals surface area contributed by atoms with Crippen molar-refractivity contribution >= 4 is 47.4 Å². The van der Waals surface area contributed by atoms with Crippen LogP contribution in [0.15, 0.2) is 4.99 Å². The van der Waals surface area contributed by atoms with Crippen molar-refractivity contribution in [3.8, 4) is 0 Å². The average molecular weight is 546 g/mol. The van der Waals surface area contributed by atoms with E-state index in [1.807, 2.05) is 0 Å². The third kappa shape index (κ3) is 14.8. The van der Waals surface area contributed by atoms with Crippen molar-refractivity contribution in [2.45, 2.75) is 69.1 Å². The van der Waals surface area contributed by atoms with Crippen LogP contribution < -0.4 is 44.6 Å². The van der Waals surface area contributed by atoms with Gasteiger partial charge in [-0.2, -0.15) is 0 Å². The third-order valence-corrected chi connectivity index (χ3v) is 4.92. The number of carboxylic acid groups (broad SMARTS) is 2. The summed E-state index contributed by atoms with van der Waals surface area (Å²) in [5.41, 5.74) is 26.3. The monoisotopic (exact) mass is 545 g/mol. The number of nitrogens with one attached hydrogen (secondary N) is 3. The molecular weight excluding hydrogens is 510 g/mol. The standard InChI is InChI=1S/C20H35N9O9/c21-9(2-1-7-26-20(24)25)16(34)27-10(4-6-15(32)33)17(35)29-12(8-14(23)31)18(36)28-11(19(37)38)3-5-13(22)30/h9-12H,1-8,21H2,(H2,22,30)(H2,23,31)(H,27,34)(H,28,36)(H,29,35)(H,32,33)(H,37,38)(H4,24,25,26). The molecule has 0 spiro atoms. The van der Waals surface area contributed by atoms with E-state index in [1.54, 1.807) is 0 Å². The number of rotatable bonds is 19. The average Bonchev–Trinajstić information content (AvgIpc) is 2.80. The quantitative estimate of drug-likeness (QED) is 0.0414. The minimum absolute atomic E-state index is 0.116. The molecular formula is C20H35N9O9. The molecule has 0 saturated heterocycles. The number of nitrogens with two attached hydrogens (primary N) is 5. The smallest absolute Gasteiger partial charge is 0.326 e. The molecule has 214 valence electrons. The van der Waals surface area contributed by atoms with Gasteiger partial charge in [-0.3, -0.25) is 33.8 Å². The normalized spacial score (nSPS) is 13.6. The zero-order valence-electron chi connectivity index (χ0n) is 20.6. The Morgan fingerprint density at radius 2 is 1.21 bits per heavy atom. The molecule has 0 bridgehead atoms. The highest BCUT2D eigenvalue weighted by Crippen LogP contribution is 2.05. The first-order chi connectivity index (χ1) is 17.6. The first-order valence-electron chi connectivity index (χ1n) is 11.4. The fraction of sp³-hybridized carbons (Fsp3) is 0.600. The van der Waals surface area contributed by atoms with E-state index in [1.165, 1.54) is 0 Å². The topological polar surface area (TPSA) is 338 Å². The molecule has 0 radical (unpaired) electrons. The van der Waals surface area contributed by atoms with E-state index in [0.29, 0.717) is 6.42 Å². The molecule has 18 heteroatoms. The lowest BCUT2D eigenvalue weighted by atomic mass is 10.1. The van der Waals surface area contributed by atoms with Gasteiger partial charge < -0.3 is 54.8 Å². The van der Waals surface area contributed by atoms with Gasteiger partial charge >= 0.3 is 11.9 Å². The Morgan fingerprint density at radius 1 is 0.684 bits per heavy atom. The maximum Gasteiger partial charge on any atom is 0.326 e. The number of aliphatic carboxylic acids is 2. The highest BCUT2D eigenvalue weighted by Gasteiger charge is 2.31. The van der Waals surface area contributed by atoms with E-state index in [9.17, 15) is 38.7 Å². The second kappa shape index (κ2) is 17.1. The zero-order chi connectivity index (χ0) is 29.4. The number of primary amides is 2. The highest BCUT2D eigenvalue weighted by molar-refractivity contribution is 5.96. The lowest BCUT2D eigenvalue weighted by Crippen LogP contribution is -2.57. The molecule has 0 aromatic carbocycles. The molecule has 0 rings (SSSR count). The second-order valence-electron chi connectivity index (χ2n) is 8.18. The van der Waals surface area contributed by atoms with Crippen LogP contribution in [0.3, 0.4) is 0 Å². The second-order valence-corrected chi connectivity index (χ2v) is 8.18. The lowest BCUT2D eigenvalue weighted by Gasteiger charge is -2.24. The Labute approximate surface area is 217 Å². The number of hydrogen-bond acceptors (Lipinski definition) is 9. The molecule has 0 fully saturated rings. The van der Waals surface area contributed by atoms with Crippen molar-refractivity contribution in [1.29, 1.82) is 0 Å². The fourth-order valence-electron chi connectivity index (χ4n) is 2.96. The van der Waals surface area contributed by atoms with Crippen LogP contribution >= 0.6 is 0 Å². The molecule has 15 N–H and O–H groups in total. The molecule has 18 nitrogen and oxygen atoms in total. The summed E-state index contributed by atoms with van der Waals surface area (Å²) in [4.78, 5) is 86.6. The summed E-state index contributed by atoms with van der Waals surface area (Å²) in [5.74, 6) is -7.80. The molecule has 4 atom stereocenters. The van der Waals surface area contributed by atoms with Crippen LogP contribution in [0.1, 0.15) is 44.9 Å². The van der Waals surface area contributed by atoms with Gasteiger partial charge in [0.05, 0.1) is 12.5 Å². The summed E-state index contributed by atoms with van der Waals surface area (Å²) in [7, 11) is 0. The maximum absolute atomic E-state index is 12.9. The zero-order valence-corrected chi connectivity index (χ0v) is 20.6. The molecule has 0 aliphatic carbocycles. The third-order valence-electron chi connectivity index (χ3n) is 4.92. The Balaban J connectivity index is 5.52. The van der Waals surface area contributed by atoms with Gasteiger partial charge in [0.2, 0.25) is 29.5 Å². The maximum atomic E-state index is 12.9. The Bertz CT molecular complexity index is 922. The van der Waals surface area contributed by atoms with Crippen LogP contribution in [0.4, 0.5) is 0 Å². The summed E-state index contributed by atoms with van der Waals surface area (Å²) in [5, 5.41) is 24.8. The van der Waals surface area contributed by atoms with E-state index in [0.717, 1.165) is 0 Å². The van der Waals surface area contributed by atoms with Crippen LogP contribution in [0, 0.1) is 0 Å². The molecule has 4 unspecified atom stereocenters. The number of nitrogens with zero attached hydrogens (tertiary/aromatic N) is 1. The van der Waals surface area contributed by atoms with Crippen molar-refractivity contribution in [3.05, 3.63) is 0 Å². The molecule has 0 aliphatic heterocycles. The van der Waals surface area contributed by atoms with Crippen molar-refractivity contribution in [1.82, 2.24) is 16.0 Å². The number of hydrogen-bond donors (Lipinski definition) is 10. The Morgan fingerprint density at radius 3 is 1.71 bits per heavy atom. The highest BCUT2D eigenvalue weighted by atomic mass is 16.4. The number of amides is 5. The van der Waals surface area contributed by atoms with Crippen molar-refractivity contribution in [2.75, 3.05) is 6.54 Å². The number of carboxylic acids is 2. The van der Waals surface area contributed by atoms with Gasteiger partial charge in [-0.25, -0.2) is 4.79 Å². The minimum atomic E-state index is -1.69. The molecule has 38 heavy (non-hydrogen) atoms. The summed E-state index contributed by atoms with van der Waals surface area (Å²) in [6.07, 6.45) is -2.03. The lowest BCUT2D eigenvalue weighted by molar-refractivity contribution is -0.142. The van der Waals surface area contributed by atoms with Gasteiger partial charge in [0.25, 0.3) is 0 Å². The van der Waals surface area contributed by atoms with E-state index < -0.39 is 84.9 Å².